The predicted octanol–water partition coefficient (Wildman–Crippen LogP) is 4.44. The maximum absolute atomic E-state index is 13.5. The second-order valence-corrected chi connectivity index (χ2v) is 8.79. The van der Waals surface area contributed by atoms with Crippen LogP contribution in [0, 0.1) is 0 Å². The summed E-state index contributed by atoms with van der Waals surface area (Å²) < 4.78 is 4.98. The molecule has 36 heavy (non-hydrogen) atoms. The summed E-state index contributed by atoms with van der Waals surface area (Å²) >= 11 is 11.7. The summed E-state index contributed by atoms with van der Waals surface area (Å²) in [5.41, 5.74) is 2.30. The molecule has 8 nitrogen and oxygen atoms in total. The molecule has 2 heterocycles. The number of halogens is 1. The highest BCUT2D eigenvalue weighted by atomic mass is 35.5. The second-order valence-electron chi connectivity index (χ2n) is 7.99. The van der Waals surface area contributed by atoms with Crippen LogP contribution in [-0.2, 0) is 20.9 Å². The first kappa shape index (κ1) is 25.3. The summed E-state index contributed by atoms with van der Waals surface area (Å²) in [5, 5.41) is 3.62. The average molecular weight is 523 g/mol. The molecule has 0 spiro atoms. The fourth-order valence-electron chi connectivity index (χ4n) is 3.82. The molecule has 0 bridgehead atoms. The zero-order valence-electron chi connectivity index (χ0n) is 19.4. The van der Waals surface area contributed by atoms with Crippen LogP contribution in [0.3, 0.4) is 0 Å². The van der Waals surface area contributed by atoms with Crippen molar-refractivity contribution in [3.8, 4) is 0 Å². The van der Waals surface area contributed by atoms with E-state index >= 15 is 0 Å². The number of hydrogen-bond donors (Lipinski definition) is 1. The highest BCUT2D eigenvalue weighted by Gasteiger charge is 2.44. The molecule has 1 N–H and O–H groups in total. The molecule has 1 atom stereocenters. The van der Waals surface area contributed by atoms with Gasteiger partial charge in [0.25, 0.3) is 5.91 Å². The van der Waals surface area contributed by atoms with E-state index in [1.807, 2.05) is 6.07 Å². The predicted molar refractivity (Wildman–Crippen MR) is 141 cm³/mol. The highest BCUT2D eigenvalue weighted by Crippen LogP contribution is 2.29. The number of nitrogens with zero attached hydrogens (tertiary/aromatic N) is 3. The summed E-state index contributed by atoms with van der Waals surface area (Å²) in [6.07, 6.45) is 3.23. The third kappa shape index (κ3) is 5.69. The molecule has 4 rings (SSSR count). The molecule has 1 aliphatic heterocycles. The minimum absolute atomic E-state index is 0.122. The Hall–Kier alpha value is -3.82. The lowest BCUT2D eigenvalue weighted by Crippen LogP contribution is -2.37. The molecule has 3 aromatic rings. The van der Waals surface area contributed by atoms with Crippen LogP contribution in [0.1, 0.15) is 29.3 Å². The molecule has 1 aliphatic rings. The molecule has 0 unspecified atom stereocenters. The minimum atomic E-state index is -0.813. The van der Waals surface area contributed by atoms with Crippen LogP contribution in [0.25, 0.3) is 0 Å². The van der Waals surface area contributed by atoms with Crippen LogP contribution in [0.15, 0.2) is 73.1 Å². The number of ether oxygens (including phenoxy) is 1. The van der Waals surface area contributed by atoms with Gasteiger partial charge in [0.15, 0.2) is 5.11 Å². The van der Waals surface area contributed by atoms with Gasteiger partial charge in [-0.25, -0.2) is 4.79 Å². The van der Waals surface area contributed by atoms with E-state index in [0.717, 1.165) is 5.56 Å². The van der Waals surface area contributed by atoms with Crippen LogP contribution in [0.2, 0.25) is 5.02 Å². The van der Waals surface area contributed by atoms with Crippen molar-refractivity contribution in [3.05, 3.63) is 89.2 Å². The van der Waals surface area contributed by atoms with Gasteiger partial charge in [0.05, 0.1) is 24.3 Å². The monoisotopic (exact) mass is 522 g/mol. The Morgan fingerprint density at radius 3 is 2.47 bits per heavy atom. The summed E-state index contributed by atoms with van der Waals surface area (Å²) in [6, 6.07) is 16.0. The number of anilines is 2. The number of esters is 1. The van der Waals surface area contributed by atoms with Crippen molar-refractivity contribution in [2.45, 2.75) is 25.9 Å². The zero-order chi connectivity index (χ0) is 25.7. The van der Waals surface area contributed by atoms with Crippen molar-refractivity contribution in [2.75, 3.05) is 16.8 Å². The number of thiocarbonyl (C=S) groups is 1. The molecular formula is C26H23ClN4O4S. The van der Waals surface area contributed by atoms with Gasteiger partial charge >= 0.3 is 5.97 Å². The summed E-state index contributed by atoms with van der Waals surface area (Å²) in [6.45, 7) is 2.32. The van der Waals surface area contributed by atoms with Gasteiger partial charge in [-0.3, -0.25) is 19.5 Å². The van der Waals surface area contributed by atoms with Crippen molar-refractivity contribution >= 4 is 58.1 Å². The van der Waals surface area contributed by atoms with Gasteiger partial charge in [-0.1, -0.05) is 17.7 Å². The van der Waals surface area contributed by atoms with Crippen molar-refractivity contribution < 1.29 is 19.1 Å². The number of rotatable bonds is 8. The number of nitrogens with one attached hydrogen (secondary N) is 1. The SMILES string of the molecule is CCOC(=O)c1ccc(NC(=O)C[C@@H]2C(=O)N(c3ccc(Cl)cc3)C(=S)N2Cc2cccnc2)cc1. The van der Waals surface area contributed by atoms with E-state index in [0.29, 0.717) is 33.6 Å². The second kappa shape index (κ2) is 11.3. The molecule has 184 valence electrons. The number of amides is 2. The van der Waals surface area contributed by atoms with Crippen molar-refractivity contribution in [1.82, 2.24) is 9.88 Å². The van der Waals surface area contributed by atoms with Crippen molar-refractivity contribution in [1.29, 1.82) is 0 Å². The third-order valence-electron chi connectivity index (χ3n) is 5.54. The normalized spacial score (nSPS) is 15.2. The fourth-order valence-corrected chi connectivity index (χ4v) is 4.33. The van der Waals surface area contributed by atoms with Gasteiger partial charge < -0.3 is 15.0 Å². The van der Waals surface area contributed by atoms with Gasteiger partial charge in [0.2, 0.25) is 5.91 Å². The zero-order valence-corrected chi connectivity index (χ0v) is 21.0. The smallest absolute Gasteiger partial charge is 0.338 e. The van der Waals surface area contributed by atoms with Crippen LogP contribution in [-0.4, -0.2) is 45.4 Å². The van der Waals surface area contributed by atoms with Gasteiger partial charge in [-0.15, -0.1) is 0 Å². The third-order valence-corrected chi connectivity index (χ3v) is 6.21. The first-order valence-corrected chi connectivity index (χ1v) is 12.0. The number of carbonyl (C=O) groups is 3. The average Bonchev–Trinajstić information content (AvgIpc) is 3.09. The molecule has 1 fully saturated rings. The Kier molecular flexibility index (Phi) is 7.92. The van der Waals surface area contributed by atoms with Crippen molar-refractivity contribution in [3.63, 3.8) is 0 Å². The Balaban J connectivity index is 1.53. The molecule has 2 aromatic carbocycles. The lowest BCUT2D eigenvalue weighted by molar-refractivity contribution is -0.124. The molecule has 2 amide bonds. The van der Waals surface area contributed by atoms with Gasteiger partial charge in [-0.05, 0) is 79.3 Å². The molecule has 0 saturated carbocycles. The number of hydrogen-bond acceptors (Lipinski definition) is 6. The van der Waals surface area contributed by atoms with Gasteiger partial charge in [-0.2, -0.15) is 0 Å². The number of benzene rings is 2. The maximum Gasteiger partial charge on any atom is 0.338 e. The Morgan fingerprint density at radius 2 is 1.83 bits per heavy atom. The Labute approximate surface area is 218 Å². The van der Waals surface area contributed by atoms with E-state index in [9.17, 15) is 14.4 Å². The first-order chi connectivity index (χ1) is 17.4. The molecule has 0 radical (unpaired) electrons. The van der Waals surface area contributed by atoms with Gasteiger partial charge in [0, 0.05) is 29.6 Å². The standard InChI is InChI=1S/C26H23ClN4O4S/c1-2-35-25(34)18-5-9-20(10-6-18)29-23(32)14-22-24(33)31(21-11-7-19(27)8-12-21)26(36)30(22)16-17-4-3-13-28-15-17/h3-13,15,22H,2,14,16H2,1H3,(H,29,32)/t22-/m1/s1. The number of aromatic nitrogens is 1. The van der Waals surface area contributed by atoms with Crippen molar-refractivity contribution in [2.24, 2.45) is 0 Å². The lowest BCUT2D eigenvalue weighted by atomic mass is 10.1. The fraction of sp³-hybridized carbons (Fsp3) is 0.192. The lowest BCUT2D eigenvalue weighted by Gasteiger charge is -2.23. The summed E-state index contributed by atoms with van der Waals surface area (Å²) in [5.74, 6) is -1.11. The van der Waals surface area contributed by atoms with Gasteiger partial charge in [0.1, 0.15) is 6.04 Å². The topological polar surface area (TPSA) is 91.8 Å². The van der Waals surface area contributed by atoms with Crippen LogP contribution in [0.5, 0.6) is 0 Å². The summed E-state index contributed by atoms with van der Waals surface area (Å²) in [7, 11) is 0. The highest BCUT2D eigenvalue weighted by molar-refractivity contribution is 7.80. The van der Waals surface area contributed by atoms with Crippen LogP contribution >= 0.6 is 23.8 Å². The van der Waals surface area contributed by atoms with E-state index in [1.165, 1.54) is 4.90 Å². The van der Waals surface area contributed by atoms with E-state index in [2.05, 4.69) is 10.3 Å². The largest absolute Gasteiger partial charge is 0.462 e. The quantitative estimate of drug-likeness (QED) is 0.345. The van der Waals surface area contributed by atoms with Crippen LogP contribution in [0.4, 0.5) is 11.4 Å². The molecule has 1 aromatic heterocycles. The molecular weight excluding hydrogens is 500 g/mol. The molecule has 1 saturated heterocycles. The summed E-state index contributed by atoms with van der Waals surface area (Å²) in [4.78, 5) is 45.6. The maximum atomic E-state index is 13.5. The molecule has 10 heteroatoms. The number of carbonyl (C=O) groups excluding carboxylic acids is 3. The molecule has 0 aliphatic carbocycles. The van der Waals surface area contributed by atoms with Crippen LogP contribution < -0.4 is 10.2 Å². The Morgan fingerprint density at radius 1 is 1.11 bits per heavy atom. The van der Waals surface area contributed by atoms with E-state index < -0.39 is 12.0 Å². The van der Waals surface area contributed by atoms with E-state index in [-0.39, 0.29) is 24.8 Å². The Bertz CT molecular complexity index is 1270. The van der Waals surface area contributed by atoms with E-state index in [1.54, 1.807) is 78.8 Å². The number of pyridine rings is 1. The minimum Gasteiger partial charge on any atom is -0.462 e. The van der Waals surface area contributed by atoms with E-state index in [4.69, 9.17) is 28.6 Å². The first-order valence-electron chi connectivity index (χ1n) is 11.2.